The number of carbonyl (C=O) groups excluding carboxylic acids is 1. The van der Waals surface area contributed by atoms with Crippen LogP contribution in [0.25, 0.3) is 0 Å². The van der Waals surface area contributed by atoms with Crippen molar-refractivity contribution in [3.63, 3.8) is 0 Å². The lowest BCUT2D eigenvalue weighted by molar-refractivity contribution is -0.0594. The van der Waals surface area contributed by atoms with Gasteiger partial charge in [-0.1, -0.05) is 78.9 Å². The molecule has 1 aromatic carbocycles. The molecule has 5 rings (SSSR count). The molecule has 0 aromatic heterocycles. The van der Waals surface area contributed by atoms with Gasteiger partial charge in [0.05, 0.1) is 12.2 Å². The fraction of sp³-hybridized carbons (Fsp3) is 0.763. The third-order valence-electron chi connectivity index (χ3n) is 12.4. The van der Waals surface area contributed by atoms with Gasteiger partial charge in [-0.05, 0) is 122 Å². The molecule has 4 aliphatic carbocycles. The van der Waals surface area contributed by atoms with Crippen LogP contribution in [0.4, 0.5) is 0 Å². The Labute approximate surface area is 251 Å². The molecule has 0 aliphatic heterocycles. The van der Waals surface area contributed by atoms with E-state index in [9.17, 15) is 4.79 Å². The van der Waals surface area contributed by atoms with Crippen molar-refractivity contribution in [2.24, 2.45) is 46.3 Å². The summed E-state index contributed by atoms with van der Waals surface area (Å²) in [4.78, 5) is 13.0. The third kappa shape index (κ3) is 6.30. The highest BCUT2D eigenvalue weighted by Gasteiger charge is 2.59. The van der Waals surface area contributed by atoms with Crippen LogP contribution in [-0.4, -0.2) is 18.7 Å². The van der Waals surface area contributed by atoms with Crippen LogP contribution in [0.1, 0.15) is 135 Å². The van der Waals surface area contributed by atoms with Crippen molar-refractivity contribution in [3.8, 4) is 5.75 Å². The maximum absolute atomic E-state index is 13.0. The maximum atomic E-state index is 13.0. The van der Waals surface area contributed by atoms with Crippen molar-refractivity contribution in [1.82, 2.24) is 0 Å². The van der Waals surface area contributed by atoms with Gasteiger partial charge in [0.2, 0.25) is 0 Å². The van der Waals surface area contributed by atoms with E-state index in [1.807, 2.05) is 24.3 Å². The first kappa shape index (κ1) is 30.7. The molecule has 0 heterocycles. The predicted octanol–water partition coefficient (Wildman–Crippen LogP) is 10.4. The standard InChI is InChI=1S/C38H58O3/c1-7-8-24-40-30-15-12-28(13-16-30)36(39)41-31-20-22-37(5)29(25-31)14-17-32-34-19-18-33(27(4)11-9-10-26(2)3)38(34,6)23-21-35(32)37/h12-16,26-27,31-35H,7-11,17-25H2,1-6H3/t27-,31-,32+,33-,34+,35+,37-,38+/m0/s1. The summed E-state index contributed by atoms with van der Waals surface area (Å²) in [6, 6.07) is 7.48. The second-order valence-electron chi connectivity index (χ2n) is 15.3. The third-order valence-corrected chi connectivity index (χ3v) is 12.4. The summed E-state index contributed by atoms with van der Waals surface area (Å²) in [6.45, 7) is 15.4. The fourth-order valence-corrected chi connectivity index (χ4v) is 9.99. The SMILES string of the molecule is CCCCOc1ccc(C(=O)O[C@H]2CC[C@@]3(C)C(=CC[C@@H]4[C@H]5CC[C@@H]([C@@H](C)CCCC(C)C)[C@@]5(C)CC[C@H]43)C2)cc1. The zero-order valence-electron chi connectivity index (χ0n) is 27.1. The number of unbranched alkanes of at least 4 members (excludes halogenated alkanes) is 1. The van der Waals surface area contributed by atoms with Crippen LogP contribution < -0.4 is 4.74 Å². The van der Waals surface area contributed by atoms with Crippen molar-refractivity contribution in [2.75, 3.05) is 6.61 Å². The topological polar surface area (TPSA) is 35.5 Å². The first-order chi connectivity index (χ1) is 19.7. The molecular weight excluding hydrogens is 504 g/mol. The highest BCUT2D eigenvalue weighted by atomic mass is 16.5. The Morgan fingerprint density at radius 3 is 2.46 bits per heavy atom. The van der Waals surface area contributed by atoms with Crippen molar-refractivity contribution in [3.05, 3.63) is 41.5 Å². The second-order valence-corrected chi connectivity index (χ2v) is 15.3. The second kappa shape index (κ2) is 12.8. The monoisotopic (exact) mass is 562 g/mol. The predicted molar refractivity (Wildman–Crippen MR) is 169 cm³/mol. The number of benzene rings is 1. The van der Waals surface area contributed by atoms with Crippen molar-refractivity contribution in [1.29, 1.82) is 0 Å². The number of ether oxygens (including phenoxy) is 2. The minimum Gasteiger partial charge on any atom is -0.494 e. The molecule has 3 nitrogen and oxygen atoms in total. The highest BCUT2D eigenvalue weighted by Crippen LogP contribution is 2.67. The largest absolute Gasteiger partial charge is 0.494 e. The molecule has 0 bridgehead atoms. The van der Waals surface area contributed by atoms with Gasteiger partial charge >= 0.3 is 5.97 Å². The molecular formula is C38H58O3. The molecule has 0 spiro atoms. The molecule has 0 unspecified atom stereocenters. The van der Waals surface area contributed by atoms with E-state index in [-0.39, 0.29) is 17.5 Å². The van der Waals surface area contributed by atoms with Crippen LogP contribution in [-0.2, 0) is 4.74 Å². The highest BCUT2D eigenvalue weighted by molar-refractivity contribution is 5.89. The van der Waals surface area contributed by atoms with E-state index >= 15 is 0 Å². The lowest BCUT2D eigenvalue weighted by Gasteiger charge is -2.58. The molecule has 4 aliphatic rings. The Morgan fingerprint density at radius 2 is 1.73 bits per heavy atom. The Kier molecular flexibility index (Phi) is 9.61. The van der Waals surface area contributed by atoms with Gasteiger partial charge in [0.15, 0.2) is 0 Å². The number of rotatable bonds is 11. The van der Waals surface area contributed by atoms with E-state index in [0.717, 1.165) is 80.0 Å². The molecule has 3 fully saturated rings. The molecule has 3 saturated carbocycles. The fourth-order valence-electron chi connectivity index (χ4n) is 9.99. The lowest BCUT2D eigenvalue weighted by atomic mass is 9.47. The quantitative estimate of drug-likeness (QED) is 0.153. The minimum atomic E-state index is -0.194. The number of esters is 1. The molecule has 0 radical (unpaired) electrons. The Morgan fingerprint density at radius 1 is 0.951 bits per heavy atom. The van der Waals surface area contributed by atoms with Gasteiger partial charge in [-0.25, -0.2) is 4.79 Å². The summed E-state index contributed by atoms with van der Waals surface area (Å²) in [6.07, 6.45) is 18.9. The molecule has 0 amide bonds. The molecule has 0 saturated heterocycles. The van der Waals surface area contributed by atoms with Crippen LogP contribution in [0.2, 0.25) is 0 Å². The van der Waals surface area contributed by atoms with Crippen molar-refractivity contribution >= 4 is 5.97 Å². The van der Waals surface area contributed by atoms with Gasteiger partial charge in [-0.15, -0.1) is 0 Å². The van der Waals surface area contributed by atoms with Gasteiger partial charge in [0.1, 0.15) is 11.9 Å². The van der Waals surface area contributed by atoms with Crippen LogP contribution >= 0.6 is 0 Å². The van der Waals surface area contributed by atoms with E-state index in [4.69, 9.17) is 9.47 Å². The van der Waals surface area contributed by atoms with E-state index in [1.54, 1.807) is 5.57 Å². The van der Waals surface area contributed by atoms with Gasteiger partial charge in [-0.2, -0.15) is 0 Å². The van der Waals surface area contributed by atoms with Crippen LogP contribution in [0, 0.1) is 46.3 Å². The number of fused-ring (bicyclic) bond motifs is 5. The summed E-state index contributed by atoms with van der Waals surface area (Å²) in [5, 5.41) is 0. The van der Waals surface area contributed by atoms with Crippen LogP contribution in [0.3, 0.4) is 0 Å². The average Bonchev–Trinajstić information content (AvgIpc) is 3.31. The Hall–Kier alpha value is -1.77. The summed E-state index contributed by atoms with van der Waals surface area (Å²) in [5.74, 6) is 5.75. The van der Waals surface area contributed by atoms with Crippen molar-refractivity contribution in [2.45, 2.75) is 131 Å². The van der Waals surface area contributed by atoms with Crippen LogP contribution in [0.5, 0.6) is 5.75 Å². The summed E-state index contributed by atoms with van der Waals surface area (Å²) >= 11 is 0. The van der Waals surface area contributed by atoms with Gasteiger partial charge in [0.25, 0.3) is 0 Å². The Balaban J connectivity index is 1.19. The zero-order valence-corrected chi connectivity index (χ0v) is 27.1. The van der Waals surface area contributed by atoms with E-state index in [0.29, 0.717) is 11.0 Å². The van der Waals surface area contributed by atoms with E-state index < -0.39 is 0 Å². The van der Waals surface area contributed by atoms with Crippen molar-refractivity contribution < 1.29 is 14.3 Å². The molecule has 0 N–H and O–H groups in total. The number of hydrogen-bond donors (Lipinski definition) is 0. The molecule has 228 valence electrons. The smallest absolute Gasteiger partial charge is 0.338 e. The summed E-state index contributed by atoms with van der Waals surface area (Å²) in [5.41, 5.74) is 3.03. The van der Waals surface area contributed by atoms with Crippen LogP contribution in [0.15, 0.2) is 35.9 Å². The normalized spacial score (nSPS) is 35.2. The van der Waals surface area contributed by atoms with Gasteiger partial charge in [-0.3, -0.25) is 0 Å². The van der Waals surface area contributed by atoms with Gasteiger partial charge in [0, 0.05) is 6.42 Å². The molecule has 8 atom stereocenters. The molecule has 1 aromatic rings. The van der Waals surface area contributed by atoms with E-state index in [2.05, 4.69) is 47.6 Å². The minimum absolute atomic E-state index is 0.00439. The maximum Gasteiger partial charge on any atom is 0.338 e. The Bertz CT molecular complexity index is 1060. The number of allylic oxidation sites excluding steroid dienone is 1. The average molecular weight is 563 g/mol. The number of hydrogen-bond acceptors (Lipinski definition) is 3. The van der Waals surface area contributed by atoms with E-state index in [1.165, 1.54) is 51.4 Å². The first-order valence-electron chi connectivity index (χ1n) is 17.3. The lowest BCUT2D eigenvalue weighted by Crippen LogP contribution is -2.51. The molecule has 3 heteroatoms. The molecule has 41 heavy (non-hydrogen) atoms. The summed E-state index contributed by atoms with van der Waals surface area (Å²) < 4.78 is 11.9. The zero-order chi connectivity index (χ0) is 29.2. The first-order valence-corrected chi connectivity index (χ1v) is 17.3. The summed E-state index contributed by atoms with van der Waals surface area (Å²) in [7, 11) is 0. The number of carbonyl (C=O) groups is 1. The van der Waals surface area contributed by atoms with Gasteiger partial charge < -0.3 is 9.47 Å².